The van der Waals surface area contributed by atoms with Gasteiger partial charge < -0.3 is 4.74 Å². The summed E-state index contributed by atoms with van der Waals surface area (Å²) in [5.41, 5.74) is 5.84. The lowest BCUT2D eigenvalue weighted by atomic mass is 9.71. The van der Waals surface area contributed by atoms with Crippen LogP contribution in [0.4, 0.5) is 4.79 Å². The van der Waals surface area contributed by atoms with E-state index in [0.717, 1.165) is 5.46 Å². The average molecular weight is 162 g/mol. The van der Waals surface area contributed by atoms with Crippen LogP contribution in [0.2, 0.25) is 0 Å². The normalized spacial score (nSPS) is 9.08. The van der Waals surface area contributed by atoms with Gasteiger partial charge in [-0.05, 0) is 0 Å². The van der Waals surface area contributed by atoms with Gasteiger partial charge in [0.05, 0.1) is 0 Å². The highest BCUT2D eigenvalue weighted by atomic mass is 16.5. The molecule has 61 valence electrons. The van der Waals surface area contributed by atoms with E-state index in [4.69, 9.17) is 5.73 Å². The second-order valence-corrected chi connectivity index (χ2v) is 2.19. The highest BCUT2D eigenvalue weighted by molar-refractivity contribution is 6.82. The molecule has 0 fully saturated rings. The Labute approximate surface area is 71.8 Å². The molecule has 0 unspecified atom stereocenters. The van der Waals surface area contributed by atoms with Gasteiger partial charge in [-0.3, -0.25) is 10.5 Å². The molecule has 0 atom stereocenters. The topological polar surface area (TPSA) is 52.3 Å². The molecule has 0 spiro atoms. The first kappa shape index (κ1) is 8.81. The Kier molecular flexibility index (Phi) is 3.35. The first-order valence-corrected chi connectivity index (χ1v) is 3.59. The molecule has 0 aliphatic rings. The summed E-state index contributed by atoms with van der Waals surface area (Å²) in [5.74, 6) is -0.413. The Morgan fingerprint density at radius 3 is 2.67 bits per heavy atom. The predicted molar refractivity (Wildman–Crippen MR) is 47.4 cm³/mol. The third-order valence-corrected chi connectivity index (χ3v) is 1.31. The number of rotatable bonds is 3. The second-order valence-electron chi connectivity index (χ2n) is 2.19. The zero-order valence-corrected chi connectivity index (χ0v) is 6.57. The molecule has 0 saturated carbocycles. The van der Waals surface area contributed by atoms with E-state index in [0.29, 0.717) is 0 Å². The molecule has 1 rings (SSSR count). The minimum atomic E-state index is -0.413. The predicted octanol–water partition coefficient (Wildman–Crippen LogP) is 0.0689. The van der Waals surface area contributed by atoms with Gasteiger partial charge in [-0.25, -0.2) is 0 Å². The van der Waals surface area contributed by atoms with Crippen LogP contribution in [0, 0.1) is 0 Å². The summed E-state index contributed by atoms with van der Waals surface area (Å²) in [6, 6.07) is 9.21. The number of nitrogens with two attached hydrogens (primary N) is 1. The summed E-state index contributed by atoms with van der Waals surface area (Å²) in [5, 5.41) is 0. The zero-order chi connectivity index (χ0) is 8.81. The number of benzene rings is 1. The molecule has 4 heteroatoms. The number of carbonyl (C=O) groups is 1. The third-order valence-electron chi connectivity index (χ3n) is 1.31. The lowest BCUT2D eigenvalue weighted by Crippen LogP contribution is -2.25. The molecule has 0 saturated heterocycles. The summed E-state index contributed by atoms with van der Waals surface area (Å²) in [7, 11) is 1.40. The van der Waals surface area contributed by atoms with Gasteiger partial charge in [0.25, 0.3) is 13.1 Å². The van der Waals surface area contributed by atoms with Crippen LogP contribution >= 0.6 is 0 Å². The first-order valence-electron chi connectivity index (χ1n) is 3.59. The molecular formula is C8H9BNO2. The van der Waals surface area contributed by atoms with E-state index in [9.17, 15) is 4.79 Å². The van der Waals surface area contributed by atoms with Gasteiger partial charge in [0.2, 0.25) is 0 Å². The van der Waals surface area contributed by atoms with Crippen molar-refractivity contribution in [3.8, 4) is 0 Å². The lowest BCUT2D eigenvalue weighted by molar-refractivity contribution is 0.176. The number of hydrogen-bond donors (Lipinski definition) is 1. The zero-order valence-electron chi connectivity index (χ0n) is 6.57. The van der Waals surface area contributed by atoms with Gasteiger partial charge in [0.1, 0.15) is 6.73 Å². The van der Waals surface area contributed by atoms with Crippen LogP contribution in [0.5, 0.6) is 0 Å². The van der Waals surface area contributed by atoms with E-state index >= 15 is 0 Å². The van der Waals surface area contributed by atoms with E-state index in [-0.39, 0.29) is 6.73 Å². The van der Waals surface area contributed by atoms with Crippen LogP contribution in [-0.4, -0.2) is 19.9 Å². The Morgan fingerprint density at radius 2 is 2.08 bits per heavy atom. The van der Waals surface area contributed by atoms with Crippen LogP contribution in [0.25, 0.3) is 0 Å². The summed E-state index contributed by atoms with van der Waals surface area (Å²) in [6.45, 7) is -0.0812. The fourth-order valence-corrected chi connectivity index (χ4v) is 0.809. The molecule has 1 aromatic rings. The van der Waals surface area contributed by atoms with E-state index < -0.39 is 5.87 Å². The smallest absolute Gasteiger partial charge is 0.299 e. The van der Waals surface area contributed by atoms with Crippen molar-refractivity contribution >= 4 is 18.6 Å². The average Bonchev–Trinajstić information content (AvgIpc) is 2.06. The minimum Gasteiger partial charge on any atom is -0.458 e. The van der Waals surface area contributed by atoms with Crippen molar-refractivity contribution in [1.29, 1.82) is 0 Å². The second kappa shape index (κ2) is 4.56. The van der Waals surface area contributed by atoms with Crippen molar-refractivity contribution in [2.75, 3.05) is 6.73 Å². The Hall–Kier alpha value is -1.29. The molecule has 2 N–H and O–H groups in total. The van der Waals surface area contributed by atoms with Crippen LogP contribution in [0.3, 0.4) is 0 Å². The van der Waals surface area contributed by atoms with Crippen molar-refractivity contribution in [2.24, 2.45) is 5.73 Å². The summed E-state index contributed by atoms with van der Waals surface area (Å²) in [4.78, 5) is 10.9. The van der Waals surface area contributed by atoms with Crippen molar-refractivity contribution < 1.29 is 9.53 Å². The fraction of sp³-hybridized carbons (Fsp3) is 0.125. The number of ether oxygens (including phenoxy) is 1. The molecular weight excluding hydrogens is 153 g/mol. The molecule has 1 radical (unpaired) electrons. The Balaban J connectivity index is 2.47. The molecule has 1 aromatic carbocycles. The molecule has 0 heterocycles. The highest BCUT2D eigenvalue weighted by Gasteiger charge is 2.05. The molecule has 0 bridgehead atoms. The van der Waals surface area contributed by atoms with Crippen LogP contribution in [0.1, 0.15) is 0 Å². The number of hydrogen-bond acceptors (Lipinski definition) is 3. The SMILES string of the molecule is NCOC(=O)[B]c1ccccc1. The van der Waals surface area contributed by atoms with E-state index in [1.165, 1.54) is 7.28 Å². The molecule has 0 aliphatic heterocycles. The van der Waals surface area contributed by atoms with Gasteiger partial charge in [0.15, 0.2) is 0 Å². The standard InChI is InChI=1S/C8H9BNO2/c10-6-12-8(11)9-7-4-2-1-3-5-7/h1-5H,6,10H2. The van der Waals surface area contributed by atoms with Gasteiger partial charge in [-0.1, -0.05) is 35.8 Å². The minimum absolute atomic E-state index is 0.0812. The first-order chi connectivity index (χ1) is 5.83. The van der Waals surface area contributed by atoms with E-state index in [2.05, 4.69) is 4.74 Å². The molecule has 3 nitrogen and oxygen atoms in total. The van der Waals surface area contributed by atoms with Gasteiger partial charge in [0, 0.05) is 0 Å². The Morgan fingerprint density at radius 1 is 1.42 bits per heavy atom. The molecule has 12 heavy (non-hydrogen) atoms. The molecule has 0 aliphatic carbocycles. The maximum Gasteiger partial charge on any atom is 0.299 e. The largest absolute Gasteiger partial charge is 0.458 e. The van der Waals surface area contributed by atoms with Crippen molar-refractivity contribution in [3.05, 3.63) is 30.3 Å². The van der Waals surface area contributed by atoms with E-state index in [1.807, 2.05) is 30.3 Å². The third kappa shape index (κ3) is 2.76. The van der Waals surface area contributed by atoms with Crippen molar-refractivity contribution in [2.45, 2.75) is 0 Å². The van der Waals surface area contributed by atoms with Crippen molar-refractivity contribution in [1.82, 2.24) is 0 Å². The lowest BCUT2D eigenvalue weighted by Gasteiger charge is -1.99. The summed E-state index contributed by atoms with van der Waals surface area (Å²) in [6.07, 6.45) is 0. The maximum atomic E-state index is 10.9. The molecule has 0 aromatic heterocycles. The quantitative estimate of drug-likeness (QED) is 0.505. The van der Waals surface area contributed by atoms with E-state index in [1.54, 1.807) is 0 Å². The monoisotopic (exact) mass is 162 g/mol. The van der Waals surface area contributed by atoms with Gasteiger partial charge in [-0.15, -0.1) is 0 Å². The fourth-order valence-electron chi connectivity index (χ4n) is 0.809. The molecule has 0 amide bonds. The van der Waals surface area contributed by atoms with Crippen molar-refractivity contribution in [3.63, 3.8) is 0 Å². The van der Waals surface area contributed by atoms with Gasteiger partial charge >= 0.3 is 0 Å². The highest BCUT2D eigenvalue weighted by Crippen LogP contribution is 1.83. The Bertz CT molecular complexity index is 250. The van der Waals surface area contributed by atoms with Crippen LogP contribution in [-0.2, 0) is 4.74 Å². The van der Waals surface area contributed by atoms with Gasteiger partial charge in [-0.2, -0.15) is 0 Å². The number of carbonyl (C=O) groups excluding carboxylic acids is 1. The summed E-state index contributed by atoms with van der Waals surface area (Å²) >= 11 is 0. The van der Waals surface area contributed by atoms with Crippen LogP contribution < -0.4 is 11.2 Å². The maximum absolute atomic E-state index is 10.9. The summed E-state index contributed by atoms with van der Waals surface area (Å²) < 4.78 is 4.53. The van der Waals surface area contributed by atoms with Crippen LogP contribution in [0.15, 0.2) is 30.3 Å².